The molecule has 1 aliphatic rings. The Labute approximate surface area is 98.6 Å². The molecule has 5 heteroatoms. The number of hydrogen-bond acceptors (Lipinski definition) is 2. The van der Waals surface area contributed by atoms with Crippen molar-refractivity contribution in [1.29, 1.82) is 0 Å². The number of rotatable bonds is 0. The van der Waals surface area contributed by atoms with Gasteiger partial charge in [-0.15, -0.1) is 0 Å². The first-order valence-electron chi connectivity index (χ1n) is 5.38. The van der Waals surface area contributed by atoms with E-state index in [0.717, 1.165) is 11.6 Å². The molecule has 1 aromatic carbocycles. The molecule has 1 unspecified atom stereocenters. The Morgan fingerprint density at radius 1 is 1.29 bits per heavy atom. The molecule has 1 aliphatic heterocycles. The Bertz CT molecular complexity index is 377. The predicted molar refractivity (Wildman–Crippen MR) is 59.6 cm³/mol. The monoisotopic (exact) mass is 247 g/mol. The number of fused-ring (bicyclic) bond motifs is 1. The highest BCUT2D eigenvalue weighted by molar-refractivity contribution is 5.36. The summed E-state index contributed by atoms with van der Waals surface area (Å²) in [6, 6.07) is 3.88. The van der Waals surface area contributed by atoms with Crippen LogP contribution in [-0.2, 0) is 17.3 Å². The molecule has 0 saturated heterocycles. The Morgan fingerprint density at radius 3 is 2.53 bits per heavy atom. The minimum Gasteiger partial charge on any atom is -0.373 e. The first-order chi connectivity index (χ1) is 7.98. The molecule has 0 fully saturated rings. The second kappa shape index (κ2) is 5.51. The van der Waals surface area contributed by atoms with E-state index in [1.54, 1.807) is 13.0 Å². The minimum atomic E-state index is -4.27. The van der Waals surface area contributed by atoms with Crippen LogP contribution in [0.25, 0.3) is 0 Å². The summed E-state index contributed by atoms with van der Waals surface area (Å²) in [4.78, 5) is 0. The number of halogens is 3. The normalized spacial score (nSPS) is 19.1. The summed E-state index contributed by atoms with van der Waals surface area (Å²) in [5.74, 6) is 0. The van der Waals surface area contributed by atoms with Crippen LogP contribution in [0, 0.1) is 0 Å². The topological polar surface area (TPSA) is 35.2 Å². The van der Waals surface area contributed by atoms with Crippen molar-refractivity contribution in [3.8, 4) is 0 Å². The van der Waals surface area contributed by atoms with Crippen molar-refractivity contribution in [2.75, 3.05) is 13.7 Å². The lowest BCUT2D eigenvalue weighted by atomic mass is 9.96. The lowest BCUT2D eigenvalue weighted by Crippen LogP contribution is -2.16. The molecule has 2 N–H and O–H groups in total. The van der Waals surface area contributed by atoms with Crippen LogP contribution in [0.5, 0.6) is 0 Å². The van der Waals surface area contributed by atoms with E-state index in [0.29, 0.717) is 18.6 Å². The van der Waals surface area contributed by atoms with E-state index < -0.39 is 11.7 Å². The van der Waals surface area contributed by atoms with Crippen LogP contribution >= 0.6 is 0 Å². The summed E-state index contributed by atoms with van der Waals surface area (Å²) < 4.78 is 42.6. The van der Waals surface area contributed by atoms with E-state index in [2.05, 4.69) is 5.73 Å². The zero-order chi connectivity index (χ0) is 13.1. The molecule has 2 nitrogen and oxygen atoms in total. The van der Waals surface area contributed by atoms with Gasteiger partial charge in [-0.3, -0.25) is 0 Å². The maximum absolute atomic E-state index is 12.4. The first kappa shape index (κ1) is 14.0. The van der Waals surface area contributed by atoms with Crippen LogP contribution in [-0.4, -0.2) is 13.7 Å². The van der Waals surface area contributed by atoms with Crippen molar-refractivity contribution in [3.63, 3.8) is 0 Å². The van der Waals surface area contributed by atoms with Gasteiger partial charge in [0.2, 0.25) is 0 Å². The van der Waals surface area contributed by atoms with E-state index in [9.17, 15) is 13.2 Å². The molecule has 0 saturated carbocycles. The predicted octanol–water partition coefficient (Wildman–Crippen LogP) is 2.91. The van der Waals surface area contributed by atoms with Crippen molar-refractivity contribution in [1.82, 2.24) is 0 Å². The maximum atomic E-state index is 12.4. The van der Waals surface area contributed by atoms with Gasteiger partial charge >= 0.3 is 6.18 Å². The zero-order valence-electron chi connectivity index (χ0n) is 9.84. The third kappa shape index (κ3) is 3.20. The van der Waals surface area contributed by atoms with Crippen molar-refractivity contribution in [2.45, 2.75) is 25.6 Å². The van der Waals surface area contributed by atoms with Gasteiger partial charge in [-0.2, -0.15) is 13.2 Å². The lowest BCUT2D eigenvalue weighted by Gasteiger charge is -2.24. The van der Waals surface area contributed by atoms with Crippen molar-refractivity contribution >= 4 is 0 Å². The van der Waals surface area contributed by atoms with Gasteiger partial charge in [-0.25, -0.2) is 0 Å². The second-order valence-electron chi connectivity index (χ2n) is 3.67. The quantitative estimate of drug-likeness (QED) is 0.765. The molecular formula is C12H16F3NO. The number of benzene rings is 1. The van der Waals surface area contributed by atoms with Gasteiger partial charge in [-0.1, -0.05) is 6.07 Å². The molecule has 96 valence electrons. The fraction of sp³-hybridized carbons (Fsp3) is 0.500. The van der Waals surface area contributed by atoms with Crippen molar-refractivity contribution in [2.24, 2.45) is 5.73 Å². The summed E-state index contributed by atoms with van der Waals surface area (Å²) in [6.07, 6.45) is -3.82. The summed E-state index contributed by atoms with van der Waals surface area (Å²) in [5.41, 5.74) is 5.52. The van der Waals surface area contributed by atoms with Gasteiger partial charge in [-0.05, 0) is 43.7 Å². The fourth-order valence-electron chi connectivity index (χ4n) is 1.81. The van der Waals surface area contributed by atoms with Crippen LogP contribution in [0.4, 0.5) is 13.2 Å². The Balaban J connectivity index is 0.000000686. The lowest BCUT2D eigenvalue weighted by molar-refractivity contribution is -0.137. The van der Waals surface area contributed by atoms with Crippen LogP contribution in [0.15, 0.2) is 18.2 Å². The van der Waals surface area contributed by atoms with E-state index in [1.165, 1.54) is 13.1 Å². The largest absolute Gasteiger partial charge is 0.416 e. The number of hydrogen-bond donors (Lipinski definition) is 1. The van der Waals surface area contributed by atoms with Gasteiger partial charge in [0.15, 0.2) is 0 Å². The highest BCUT2D eigenvalue weighted by Gasteiger charge is 2.32. The first-order valence-corrected chi connectivity index (χ1v) is 5.38. The second-order valence-corrected chi connectivity index (χ2v) is 3.67. The SMILES string of the molecule is CC1OCCc2ccc(C(F)(F)F)cc21.CN. The molecule has 1 aromatic rings. The fourth-order valence-corrected chi connectivity index (χ4v) is 1.81. The standard InChI is InChI=1S/C11H11F3O.CH5N/c1-7-10-6-9(11(12,13)14)3-2-8(10)4-5-15-7;1-2/h2-3,6-7H,4-5H2,1H3;2H2,1H3. The third-order valence-corrected chi connectivity index (χ3v) is 2.65. The Hall–Kier alpha value is -1.07. The molecule has 1 heterocycles. The molecule has 0 amide bonds. The van der Waals surface area contributed by atoms with Crippen LogP contribution in [0.3, 0.4) is 0 Å². The summed E-state index contributed by atoms with van der Waals surface area (Å²) >= 11 is 0. The molecule has 0 spiro atoms. The third-order valence-electron chi connectivity index (χ3n) is 2.65. The molecule has 1 atom stereocenters. The maximum Gasteiger partial charge on any atom is 0.416 e. The zero-order valence-corrected chi connectivity index (χ0v) is 9.84. The van der Waals surface area contributed by atoms with E-state index >= 15 is 0 Å². The van der Waals surface area contributed by atoms with Gasteiger partial charge in [0, 0.05) is 0 Å². The molecule has 17 heavy (non-hydrogen) atoms. The summed E-state index contributed by atoms with van der Waals surface area (Å²) in [7, 11) is 1.50. The number of ether oxygens (including phenoxy) is 1. The molecular weight excluding hydrogens is 231 g/mol. The number of nitrogens with two attached hydrogens (primary N) is 1. The average Bonchev–Trinajstić information content (AvgIpc) is 2.30. The van der Waals surface area contributed by atoms with E-state index in [1.807, 2.05) is 0 Å². The Kier molecular flexibility index (Phi) is 4.54. The minimum absolute atomic E-state index is 0.240. The Morgan fingerprint density at radius 2 is 1.94 bits per heavy atom. The van der Waals surface area contributed by atoms with E-state index in [4.69, 9.17) is 4.74 Å². The smallest absolute Gasteiger partial charge is 0.373 e. The van der Waals surface area contributed by atoms with Crippen molar-refractivity contribution < 1.29 is 17.9 Å². The van der Waals surface area contributed by atoms with E-state index in [-0.39, 0.29) is 6.10 Å². The van der Waals surface area contributed by atoms with Crippen molar-refractivity contribution in [3.05, 3.63) is 34.9 Å². The van der Waals surface area contributed by atoms with Crippen LogP contribution in [0.2, 0.25) is 0 Å². The average molecular weight is 247 g/mol. The molecule has 0 aromatic heterocycles. The van der Waals surface area contributed by atoms with Crippen LogP contribution < -0.4 is 5.73 Å². The summed E-state index contributed by atoms with van der Waals surface area (Å²) in [5, 5.41) is 0. The summed E-state index contributed by atoms with van der Waals surface area (Å²) in [6.45, 7) is 2.36. The van der Waals surface area contributed by atoms with Gasteiger partial charge in [0.05, 0.1) is 18.3 Å². The van der Waals surface area contributed by atoms with Gasteiger partial charge in [0.1, 0.15) is 0 Å². The molecule has 2 rings (SSSR count). The van der Waals surface area contributed by atoms with Gasteiger partial charge in [0.25, 0.3) is 0 Å². The highest BCUT2D eigenvalue weighted by atomic mass is 19.4. The van der Waals surface area contributed by atoms with Gasteiger partial charge < -0.3 is 10.5 Å². The number of alkyl halides is 3. The molecule has 0 radical (unpaired) electrons. The molecule has 0 aliphatic carbocycles. The van der Waals surface area contributed by atoms with Crippen LogP contribution in [0.1, 0.15) is 29.7 Å². The molecule has 0 bridgehead atoms. The highest BCUT2D eigenvalue weighted by Crippen LogP contribution is 2.34.